The van der Waals surface area contributed by atoms with Crippen molar-refractivity contribution in [2.75, 3.05) is 18.0 Å². The predicted molar refractivity (Wildman–Crippen MR) is 172 cm³/mol. The molecule has 0 saturated heterocycles. The number of nitrogens with zero attached hydrogens (tertiary/aromatic N) is 1. The van der Waals surface area contributed by atoms with Gasteiger partial charge in [-0.2, -0.15) is 0 Å². The molecule has 9 heteroatoms. The summed E-state index contributed by atoms with van der Waals surface area (Å²) in [4.78, 5) is 15.7. The van der Waals surface area contributed by atoms with Crippen molar-refractivity contribution in [3.8, 4) is 5.75 Å². The van der Waals surface area contributed by atoms with Crippen molar-refractivity contribution in [1.29, 1.82) is 0 Å². The highest BCUT2D eigenvalue weighted by Gasteiger charge is 2.45. The maximum atomic E-state index is 13.4. The Kier molecular flexibility index (Phi) is 9.79. The summed E-state index contributed by atoms with van der Waals surface area (Å²) < 4.78 is 35.3. The lowest BCUT2D eigenvalue weighted by molar-refractivity contribution is -0.0508. The molecule has 5 rings (SSSR count). The zero-order chi connectivity index (χ0) is 30.8. The van der Waals surface area contributed by atoms with Crippen LogP contribution in [0.25, 0.3) is 0 Å². The summed E-state index contributed by atoms with van der Waals surface area (Å²) in [6.45, 7) is 7.41. The predicted octanol–water partition coefficient (Wildman–Crippen LogP) is 6.66. The maximum absolute atomic E-state index is 13.4. The normalized spacial score (nSPS) is 30.3. The number of aliphatic hydroxyl groups is 1. The standard InChI is InChI=1S/C34H45ClN2O5S/c1-4-16-34(39)17-7-8-23(2)24(3)43(40,41)36-33(38)26-12-15-32-31(20-26)37(21-27-11-14-30(27)34)18-6-5-9-25-19-29(35)13-10-28(25)22-42-32/h7,10,12-13,15,17,19-20,23-24,27,30,39H,4-6,8-9,11,14,16,18,21-22H2,1-3H3,(H,36,38)/b17-7+/t23-,24+,27-,30+,34+/m0/s1. The van der Waals surface area contributed by atoms with E-state index in [4.69, 9.17) is 16.3 Å². The molecule has 43 heavy (non-hydrogen) atoms. The van der Waals surface area contributed by atoms with Crippen LogP contribution in [-0.2, 0) is 23.1 Å². The van der Waals surface area contributed by atoms with Crippen LogP contribution >= 0.6 is 11.6 Å². The van der Waals surface area contributed by atoms with Crippen LogP contribution in [0.2, 0.25) is 5.02 Å². The van der Waals surface area contributed by atoms with Crippen molar-refractivity contribution in [3.05, 3.63) is 70.3 Å². The third kappa shape index (κ3) is 7.07. The van der Waals surface area contributed by atoms with Gasteiger partial charge in [0.15, 0.2) is 0 Å². The number of benzene rings is 2. The van der Waals surface area contributed by atoms with Gasteiger partial charge in [0.05, 0.1) is 16.5 Å². The number of nitrogens with one attached hydrogen (secondary N) is 1. The molecule has 0 unspecified atom stereocenters. The van der Waals surface area contributed by atoms with Gasteiger partial charge >= 0.3 is 0 Å². The summed E-state index contributed by atoms with van der Waals surface area (Å²) >= 11 is 6.32. The van der Waals surface area contributed by atoms with E-state index in [1.54, 1.807) is 25.1 Å². The lowest BCUT2D eigenvalue weighted by atomic mass is 9.63. The van der Waals surface area contributed by atoms with Crippen molar-refractivity contribution in [2.24, 2.45) is 17.8 Å². The molecule has 5 atom stereocenters. The topological polar surface area (TPSA) is 95.9 Å². The fraction of sp³-hybridized carbons (Fsp3) is 0.559. The zero-order valence-corrected chi connectivity index (χ0v) is 27.1. The molecular formula is C34H45ClN2O5S. The van der Waals surface area contributed by atoms with Crippen molar-refractivity contribution in [3.63, 3.8) is 0 Å². The van der Waals surface area contributed by atoms with Gasteiger partial charge in [-0.3, -0.25) is 4.79 Å². The van der Waals surface area contributed by atoms with Gasteiger partial charge in [-0.05, 0) is 111 Å². The monoisotopic (exact) mass is 628 g/mol. The number of fused-ring (bicyclic) bond motifs is 3. The molecule has 234 valence electrons. The molecule has 0 aromatic heterocycles. The molecule has 3 aliphatic rings. The van der Waals surface area contributed by atoms with E-state index in [1.165, 1.54) is 5.56 Å². The first-order chi connectivity index (χ1) is 20.5. The summed E-state index contributed by atoms with van der Waals surface area (Å²) in [5, 5.41) is 11.9. The van der Waals surface area contributed by atoms with Crippen molar-refractivity contribution >= 4 is 33.2 Å². The van der Waals surface area contributed by atoms with E-state index in [0.29, 0.717) is 30.2 Å². The number of allylic oxidation sites excluding steroid dienone is 1. The number of amides is 1. The third-order valence-corrected chi connectivity index (χ3v) is 12.0. The Morgan fingerprint density at radius 3 is 2.67 bits per heavy atom. The van der Waals surface area contributed by atoms with E-state index in [9.17, 15) is 18.3 Å². The first-order valence-corrected chi connectivity index (χ1v) is 17.7. The Labute approximate surface area is 261 Å². The summed E-state index contributed by atoms with van der Waals surface area (Å²) in [6.07, 6.45) is 10.6. The summed E-state index contributed by atoms with van der Waals surface area (Å²) in [5.41, 5.74) is 2.35. The van der Waals surface area contributed by atoms with Gasteiger partial charge < -0.3 is 14.7 Å². The minimum Gasteiger partial charge on any atom is -0.487 e. The summed E-state index contributed by atoms with van der Waals surface area (Å²) in [6, 6.07) is 11.1. The van der Waals surface area contributed by atoms with E-state index < -0.39 is 26.8 Å². The molecule has 2 N–H and O–H groups in total. The van der Waals surface area contributed by atoms with Gasteiger partial charge in [0.1, 0.15) is 12.4 Å². The lowest BCUT2D eigenvalue weighted by Gasteiger charge is -2.48. The number of ether oxygens (including phenoxy) is 1. The average molecular weight is 629 g/mol. The number of sulfonamides is 1. The third-order valence-electron chi connectivity index (χ3n) is 9.84. The number of aryl methyl sites for hydroxylation is 1. The van der Waals surface area contributed by atoms with Gasteiger partial charge in [0, 0.05) is 23.7 Å². The molecule has 1 amide bonds. The first-order valence-electron chi connectivity index (χ1n) is 15.8. The van der Waals surface area contributed by atoms with E-state index in [0.717, 1.165) is 62.9 Å². The molecule has 2 aromatic carbocycles. The molecule has 2 bridgehead atoms. The Morgan fingerprint density at radius 2 is 1.93 bits per heavy atom. The number of carbonyl (C=O) groups is 1. The Hall–Kier alpha value is -2.55. The highest BCUT2D eigenvalue weighted by Crippen LogP contribution is 2.46. The second kappa shape index (κ2) is 13.2. The second-order valence-corrected chi connectivity index (χ2v) is 15.2. The minimum absolute atomic E-state index is 0.105. The van der Waals surface area contributed by atoms with Crippen LogP contribution < -0.4 is 14.4 Å². The molecule has 2 aliphatic heterocycles. The number of hydrogen-bond acceptors (Lipinski definition) is 6. The van der Waals surface area contributed by atoms with Gasteiger partial charge in [-0.25, -0.2) is 13.1 Å². The van der Waals surface area contributed by atoms with Crippen molar-refractivity contribution in [2.45, 2.75) is 89.6 Å². The molecule has 7 nitrogen and oxygen atoms in total. The number of halogens is 1. The van der Waals surface area contributed by atoms with Crippen LogP contribution in [0.15, 0.2) is 48.6 Å². The van der Waals surface area contributed by atoms with E-state index in [2.05, 4.69) is 16.5 Å². The highest BCUT2D eigenvalue weighted by molar-refractivity contribution is 7.90. The van der Waals surface area contributed by atoms with E-state index >= 15 is 0 Å². The Bertz CT molecular complexity index is 1460. The molecule has 0 spiro atoms. The number of carbonyl (C=O) groups excluding carboxylic acids is 1. The fourth-order valence-corrected chi connectivity index (χ4v) is 8.35. The van der Waals surface area contributed by atoms with Crippen LogP contribution in [0.4, 0.5) is 5.69 Å². The lowest BCUT2D eigenvalue weighted by Crippen LogP contribution is -2.50. The smallest absolute Gasteiger partial charge is 0.264 e. The maximum Gasteiger partial charge on any atom is 0.264 e. The van der Waals surface area contributed by atoms with Crippen molar-refractivity contribution < 1.29 is 23.1 Å². The zero-order valence-electron chi connectivity index (χ0n) is 25.5. The molecule has 2 heterocycles. The number of rotatable bonds is 2. The van der Waals surface area contributed by atoms with Gasteiger partial charge in [-0.1, -0.05) is 50.1 Å². The van der Waals surface area contributed by atoms with Crippen LogP contribution in [0.3, 0.4) is 0 Å². The van der Waals surface area contributed by atoms with Gasteiger partial charge in [-0.15, -0.1) is 0 Å². The number of anilines is 1. The molecule has 1 fully saturated rings. The van der Waals surface area contributed by atoms with Crippen molar-refractivity contribution in [1.82, 2.24) is 4.72 Å². The molecular weight excluding hydrogens is 584 g/mol. The first kappa shape index (κ1) is 31.9. The quantitative estimate of drug-likeness (QED) is 0.361. The molecule has 1 aliphatic carbocycles. The van der Waals surface area contributed by atoms with Gasteiger partial charge in [0.25, 0.3) is 5.91 Å². The van der Waals surface area contributed by atoms with Crippen LogP contribution in [0.5, 0.6) is 5.75 Å². The summed E-state index contributed by atoms with van der Waals surface area (Å²) in [7, 11) is -3.93. The van der Waals surface area contributed by atoms with E-state index in [1.807, 2.05) is 37.3 Å². The van der Waals surface area contributed by atoms with Crippen LogP contribution in [-0.4, -0.2) is 43.4 Å². The minimum atomic E-state index is -3.93. The van der Waals surface area contributed by atoms with E-state index in [-0.39, 0.29) is 23.3 Å². The van der Waals surface area contributed by atoms with Gasteiger partial charge in [0.2, 0.25) is 10.0 Å². The molecule has 2 aromatic rings. The SMILES string of the molecule is CCC[C@@]1(O)/C=C/C[C@H](C)[C@@H](C)S(=O)(=O)NC(=O)c2ccc3c(c2)N(CCCCc2cc(Cl)ccc2CO3)C[C@@H]2CC[C@H]21. The fourth-order valence-electron chi connectivity index (χ4n) is 6.87. The average Bonchev–Trinajstić information content (AvgIpc) is 2.97. The van der Waals surface area contributed by atoms with Crippen LogP contribution in [0.1, 0.15) is 87.2 Å². The van der Waals surface area contributed by atoms with Crippen LogP contribution in [0, 0.1) is 17.8 Å². The molecule has 1 saturated carbocycles. The summed E-state index contributed by atoms with van der Waals surface area (Å²) in [5.74, 6) is 0.139. The second-order valence-electron chi connectivity index (χ2n) is 12.8. The highest BCUT2D eigenvalue weighted by atomic mass is 35.5. The molecule has 0 radical (unpaired) electrons. The largest absolute Gasteiger partial charge is 0.487 e. The Balaban J connectivity index is 1.57. The number of hydrogen-bond donors (Lipinski definition) is 2. The Morgan fingerprint density at radius 1 is 1.12 bits per heavy atom.